The smallest absolute Gasteiger partial charge is 0.280 e. The van der Waals surface area contributed by atoms with E-state index in [1.807, 2.05) is 0 Å². The van der Waals surface area contributed by atoms with Gasteiger partial charge in [-0.3, -0.25) is 14.7 Å². The lowest BCUT2D eigenvalue weighted by Gasteiger charge is -2.26. The van der Waals surface area contributed by atoms with Crippen molar-refractivity contribution >= 4 is 5.91 Å². The number of aromatic amines is 1. The number of rotatable bonds is 5. The standard InChI is InChI=1S/C21H23N5O4/c1-30-19-10-13(8-9-22-19)17-12-24-26(21(17)29)18-7-2-14(11-23-18)20(28)25-15-3-5-16(27)6-4-15/h2,7-12,15-16,24,27H,3-6H2,1H3,(H,25,28). The van der Waals surface area contributed by atoms with Crippen LogP contribution >= 0.6 is 0 Å². The van der Waals surface area contributed by atoms with Crippen LogP contribution in [0, 0.1) is 0 Å². The molecule has 0 spiro atoms. The molecule has 1 saturated carbocycles. The highest BCUT2D eigenvalue weighted by Gasteiger charge is 2.21. The van der Waals surface area contributed by atoms with E-state index >= 15 is 0 Å². The molecule has 0 radical (unpaired) electrons. The molecule has 3 aromatic rings. The summed E-state index contributed by atoms with van der Waals surface area (Å²) in [6.07, 6.45) is 7.27. The van der Waals surface area contributed by atoms with Crippen LogP contribution in [0.2, 0.25) is 0 Å². The molecule has 9 nitrogen and oxygen atoms in total. The van der Waals surface area contributed by atoms with E-state index in [4.69, 9.17) is 4.74 Å². The van der Waals surface area contributed by atoms with Crippen LogP contribution in [-0.2, 0) is 0 Å². The van der Waals surface area contributed by atoms with E-state index in [1.54, 1.807) is 36.7 Å². The number of H-pyrrole nitrogens is 1. The summed E-state index contributed by atoms with van der Waals surface area (Å²) in [6.45, 7) is 0. The third kappa shape index (κ3) is 4.11. The highest BCUT2D eigenvalue weighted by Crippen LogP contribution is 2.20. The number of carbonyl (C=O) groups is 1. The maximum absolute atomic E-state index is 12.8. The van der Waals surface area contributed by atoms with Crippen molar-refractivity contribution in [3.8, 4) is 22.8 Å². The van der Waals surface area contributed by atoms with Crippen LogP contribution in [0.4, 0.5) is 0 Å². The number of aromatic nitrogens is 4. The number of pyridine rings is 2. The first-order valence-electron chi connectivity index (χ1n) is 9.81. The van der Waals surface area contributed by atoms with Crippen molar-refractivity contribution in [2.75, 3.05) is 7.11 Å². The first-order valence-corrected chi connectivity index (χ1v) is 9.81. The normalized spacial score (nSPS) is 18.7. The van der Waals surface area contributed by atoms with Gasteiger partial charge < -0.3 is 15.2 Å². The SMILES string of the molecule is COc1cc(-c2c[nH]n(-c3ccc(C(=O)NC4CCC(O)CC4)cn3)c2=O)ccn1. The molecule has 3 aromatic heterocycles. The highest BCUT2D eigenvalue weighted by molar-refractivity contribution is 5.94. The third-order valence-electron chi connectivity index (χ3n) is 5.30. The first kappa shape index (κ1) is 19.8. The van der Waals surface area contributed by atoms with Crippen molar-refractivity contribution in [2.24, 2.45) is 0 Å². The number of amides is 1. The molecule has 1 amide bonds. The number of hydrogen-bond donors (Lipinski definition) is 3. The minimum absolute atomic E-state index is 0.0616. The number of aliphatic hydroxyl groups is 1. The minimum atomic E-state index is -0.270. The van der Waals surface area contributed by atoms with Gasteiger partial charge in [-0.2, -0.15) is 0 Å². The van der Waals surface area contributed by atoms with Gasteiger partial charge in [0.15, 0.2) is 5.82 Å². The zero-order valence-corrected chi connectivity index (χ0v) is 16.5. The van der Waals surface area contributed by atoms with E-state index in [0.29, 0.717) is 41.2 Å². The van der Waals surface area contributed by atoms with E-state index in [1.165, 1.54) is 18.0 Å². The molecule has 4 rings (SSSR count). The van der Waals surface area contributed by atoms with Crippen LogP contribution in [0.5, 0.6) is 5.88 Å². The van der Waals surface area contributed by atoms with Crippen LogP contribution in [0.25, 0.3) is 16.9 Å². The Morgan fingerprint density at radius 3 is 2.73 bits per heavy atom. The summed E-state index contributed by atoms with van der Waals surface area (Å²) in [5.74, 6) is 0.587. The molecule has 30 heavy (non-hydrogen) atoms. The monoisotopic (exact) mass is 409 g/mol. The summed E-state index contributed by atoms with van der Waals surface area (Å²) in [7, 11) is 1.51. The van der Waals surface area contributed by atoms with Crippen molar-refractivity contribution in [3.05, 3.63) is 58.8 Å². The minimum Gasteiger partial charge on any atom is -0.481 e. The molecule has 3 heterocycles. The first-order chi connectivity index (χ1) is 14.5. The van der Waals surface area contributed by atoms with Crippen molar-refractivity contribution in [1.82, 2.24) is 25.1 Å². The fourth-order valence-corrected chi connectivity index (χ4v) is 3.58. The van der Waals surface area contributed by atoms with E-state index in [-0.39, 0.29) is 23.6 Å². The maximum atomic E-state index is 12.8. The molecule has 0 bridgehead atoms. The number of methoxy groups -OCH3 is 1. The topological polar surface area (TPSA) is 122 Å². The van der Waals surface area contributed by atoms with Gasteiger partial charge in [-0.05, 0) is 49.4 Å². The van der Waals surface area contributed by atoms with E-state index in [2.05, 4.69) is 20.4 Å². The Morgan fingerprint density at radius 2 is 2.03 bits per heavy atom. The van der Waals surface area contributed by atoms with Crippen molar-refractivity contribution in [1.29, 1.82) is 0 Å². The van der Waals surface area contributed by atoms with Crippen LogP contribution in [-0.4, -0.2) is 50.0 Å². The molecule has 3 N–H and O–H groups in total. The number of carbonyl (C=O) groups excluding carboxylic acids is 1. The quantitative estimate of drug-likeness (QED) is 0.589. The Bertz CT molecular complexity index is 1080. The molecular weight excluding hydrogens is 386 g/mol. The van der Waals surface area contributed by atoms with Gasteiger partial charge in [0.2, 0.25) is 5.88 Å². The summed E-state index contributed by atoms with van der Waals surface area (Å²) in [5.41, 5.74) is 1.28. The number of nitrogens with one attached hydrogen (secondary N) is 2. The molecular formula is C21H23N5O4. The Balaban J connectivity index is 1.50. The van der Waals surface area contributed by atoms with Gasteiger partial charge in [0.05, 0.1) is 24.3 Å². The van der Waals surface area contributed by atoms with Crippen molar-refractivity contribution in [2.45, 2.75) is 37.8 Å². The molecule has 156 valence electrons. The molecule has 0 aliphatic heterocycles. The maximum Gasteiger partial charge on any atom is 0.280 e. The zero-order chi connectivity index (χ0) is 21.1. The van der Waals surface area contributed by atoms with Gasteiger partial charge >= 0.3 is 0 Å². The van der Waals surface area contributed by atoms with E-state index in [9.17, 15) is 14.7 Å². The molecule has 9 heteroatoms. The number of aliphatic hydroxyl groups excluding tert-OH is 1. The Morgan fingerprint density at radius 1 is 1.23 bits per heavy atom. The van der Waals surface area contributed by atoms with Crippen LogP contribution < -0.4 is 15.6 Å². The van der Waals surface area contributed by atoms with Gasteiger partial charge in [-0.1, -0.05) is 0 Å². The number of hydrogen-bond acceptors (Lipinski definition) is 6. The zero-order valence-electron chi connectivity index (χ0n) is 16.5. The Labute approximate surface area is 172 Å². The molecule has 0 aromatic carbocycles. The molecule has 0 unspecified atom stereocenters. The summed E-state index contributed by atoms with van der Waals surface area (Å²) in [5, 5.41) is 15.5. The predicted octanol–water partition coefficient (Wildman–Crippen LogP) is 1.66. The van der Waals surface area contributed by atoms with Crippen LogP contribution in [0.3, 0.4) is 0 Å². The summed E-state index contributed by atoms with van der Waals surface area (Å²) in [6, 6.07) is 6.72. The Kier molecular flexibility index (Phi) is 5.62. The Hall–Kier alpha value is -3.46. The van der Waals surface area contributed by atoms with E-state index < -0.39 is 0 Å². The average molecular weight is 409 g/mol. The second-order valence-corrected chi connectivity index (χ2v) is 7.30. The summed E-state index contributed by atoms with van der Waals surface area (Å²) >= 11 is 0. The predicted molar refractivity (Wildman–Crippen MR) is 110 cm³/mol. The van der Waals surface area contributed by atoms with Gasteiger partial charge in [-0.15, -0.1) is 0 Å². The summed E-state index contributed by atoms with van der Waals surface area (Å²) < 4.78 is 6.42. The molecule has 1 aliphatic rings. The lowest BCUT2D eigenvalue weighted by atomic mass is 9.93. The molecule has 1 fully saturated rings. The highest BCUT2D eigenvalue weighted by atomic mass is 16.5. The number of ether oxygens (including phenoxy) is 1. The van der Waals surface area contributed by atoms with Crippen LogP contribution in [0.15, 0.2) is 47.7 Å². The second-order valence-electron chi connectivity index (χ2n) is 7.30. The fraction of sp³-hybridized carbons (Fsp3) is 0.333. The molecule has 1 aliphatic carbocycles. The van der Waals surface area contributed by atoms with Gasteiger partial charge in [0.1, 0.15) is 0 Å². The molecule has 0 atom stereocenters. The lowest BCUT2D eigenvalue weighted by Crippen LogP contribution is -2.38. The van der Waals surface area contributed by atoms with Gasteiger partial charge in [0.25, 0.3) is 11.5 Å². The van der Waals surface area contributed by atoms with Gasteiger partial charge in [-0.25, -0.2) is 14.6 Å². The van der Waals surface area contributed by atoms with Crippen molar-refractivity contribution < 1.29 is 14.6 Å². The van der Waals surface area contributed by atoms with Gasteiger partial charge in [0, 0.05) is 30.7 Å². The third-order valence-corrected chi connectivity index (χ3v) is 5.30. The largest absolute Gasteiger partial charge is 0.481 e. The number of nitrogens with zero attached hydrogens (tertiary/aromatic N) is 3. The summed E-state index contributed by atoms with van der Waals surface area (Å²) in [4.78, 5) is 33.6. The average Bonchev–Trinajstić information content (AvgIpc) is 3.16. The van der Waals surface area contributed by atoms with Crippen molar-refractivity contribution in [3.63, 3.8) is 0 Å². The van der Waals surface area contributed by atoms with E-state index in [0.717, 1.165) is 12.8 Å². The lowest BCUT2D eigenvalue weighted by molar-refractivity contribution is 0.0867. The fourth-order valence-electron chi connectivity index (χ4n) is 3.58. The van der Waals surface area contributed by atoms with Crippen LogP contribution in [0.1, 0.15) is 36.0 Å². The molecule has 0 saturated heterocycles. The second kappa shape index (κ2) is 8.50.